The number of carboxylic acids is 1. The molecule has 1 aromatic carbocycles. The second-order valence-corrected chi connectivity index (χ2v) is 7.69. The second kappa shape index (κ2) is 8.47. The van der Waals surface area contributed by atoms with Crippen molar-refractivity contribution in [3.63, 3.8) is 0 Å². The van der Waals surface area contributed by atoms with E-state index in [-0.39, 0.29) is 18.4 Å². The lowest BCUT2D eigenvalue weighted by Gasteiger charge is -2.24. The van der Waals surface area contributed by atoms with Crippen LogP contribution in [0, 0.1) is 5.92 Å². The molecule has 0 spiro atoms. The number of benzene rings is 1. The Balaban J connectivity index is 1.79. The van der Waals surface area contributed by atoms with Gasteiger partial charge in [0.15, 0.2) is 0 Å². The molecule has 0 aliphatic carbocycles. The maximum atomic E-state index is 10.8. The van der Waals surface area contributed by atoms with Crippen LogP contribution >= 0.6 is 34.5 Å². The number of hydrogen-bond donors (Lipinski definition) is 2. The van der Waals surface area contributed by atoms with Gasteiger partial charge in [-0.2, -0.15) is 0 Å². The molecule has 1 aromatic heterocycles. The third kappa shape index (κ3) is 4.92. The predicted molar refractivity (Wildman–Crippen MR) is 98.7 cm³/mol. The van der Waals surface area contributed by atoms with E-state index < -0.39 is 5.97 Å². The molecule has 2 atom stereocenters. The Hall–Kier alpha value is -1.18. The number of nitrogens with zero attached hydrogens (tertiary/aromatic N) is 1. The van der Waals surface area contributed by atoms with Crippen molar-refractivity contribution < 1.29 is 14.6 Å². The minimum absolute atomic E-state index is 0.0495. The summed E-state index contributed by atoms with van der Waals surface area (Å²) in [5, 5.41) is 16.0. The molecule has 0 amide bonds. The van der Waals surface area contributed by atoms with Crippen molar-refractivity contribution in [2.24, 2.45) is 5.92 Å². The number of nitrogens with one attached hydrogen (secondary N) is 1. The zero-order valence-corrected chi connectivity index (χ0v) is 15.7. The van der Waals surface area contributed by atoms with Crippen molar-refractivity contribution in [1.29, 1.82) is 0 Å². The van der Waals surface area contributed by atoms with Crippen molar-refractivity contribution >= 4 is 40.5 Å². The molecular formula is C17H18Cl2N2O3S. The zero-order chi connectivity index (χ0) is 17.8. The predicted octanol–water partition coefficient (Wildman–Crippen LogP) is 3.60. The lowest BCUT2D eigenvalue weighted by Crippen LogP contribution is -2.26. The number of thiazole rings is 1. The Bertz CT molecular complexity index is 753. The molecule has 0 bridgehead atoms. The summed E-state index contributed by atoms with van der Waals surface area (Å²) in [7, 11) is 0. The summed E-state index contributed by atoms with van der Waals surface area (Å²) in [4.78, 5) is 15.3. The molecule has 8 heteroatoms. The van der Waals surface area contributed by atoms with Gasteiger partial charge in [0.1, 0.15) is 0 Å². The summed E-state index contributed by atoms with van der Waals surface area (Å²) in [6, 6.07) is 5.58. The molecule has 0 saturated carbocycles. The van der Waals surface area contributed by atoms with Crippen LogP contribution in [0.4, 0.5) is 0 Å². The Morgan fingerprint density at radius 2 is 2.24 bits per heavy atom. The van der Waals surface area contributed by atoms with Gasteiger partial charge in [-0.15, -0.1) is 11.3 Å². The lowest BCUT2D eigenvalue weighted by atomic mass is 9.93. The number of aromatic nitrogens is 1. The van der Waals surface area contributed by atoms with E-state index >= 15 is 0 Å². The highest BCUT2D eigenvalue weighted by atomic mass is 35.5. The number of aliphatic carboxylic acids is 1. The Morgan fingerprint density at radius 1 is 1.40 bits per heavy atom. The Kier molecular flexibility index (Phi) is 6.30. The summed E-state index contributed by atoms with van der Waals surface area (Å²) >= 11 is 13.7. The summed E-state index contributed by atoms with van der Waals surface area (Å²) in [6.45, 7) is 2.19. The Labute approximate surface area is 159 Å². The summed E-state index contributed by atoms with van der Waals surface area (Å²) in [5.41, 5.74) is 1.59. The molecule has 1 aliphatic rings. The van der Waals surface area contributed by atoms with Gasteiger partial charge in [-0.3, -0.25) is 4.79 Å². The molecular weight excluding hydrogens is 383 g/mol. The third-order valence-electron chi connectivity index (χ3n) is 4.05. The number of carboxylic acid groups (broad SMARTS) is 1. The van der Waals surface area contributed by atoms with Gasteiger partial charge < -0.3 is 15.2 Å². The summed E-state index contributed by atoms with van der Waals surface area (Å²) in [5.74, 6) is -0.700. The topological polar surface area (TPSA) is 71.5 Å². The highest BCUT2D eigenvalue weighted by Crippen LogP contribution is 2.34. The smallest absolute Gasteiger partial charge is 0.309 e. The molecule has 2 unspecified atom stereocenters. The maximum Gasteiger partial charge on any atom is 0.309 e. The highest BCUT2D eigenvalue weighted by Gasteiger charge is 2.27. The molecule has 2 aromatic rings. The van der Waals surface area contributed by atoms with Crippen LogP contribution in [0.3, 0.4) is 0 Å². The maximum absolute atomic E-state index is 10.8. The van der Waals surface area contributed by atoms with Crippen molar-refractivity contribution in [1.82, 2.24) is 10.3 Å². The molecule has 1 fully saturated rings. The molecule has 25 heavy (non-hydrogen) atoms. The number of ether oxygens (including phenoxy) is 1. The van der Waals surface area contributed by atoms with Crippen molar-refractivity contribution in [3.8, 4) is 0 Å². The monoisotopic (exact) mass is 400 g/mol. The first-order valence-corrected chi connectivity index (χ1v) is 9.59. The van der Waals surface area contributed by atoms with E-state index in [1.165, 1.54) is 11.3 Å². The van der Waals surface area contributed by atoms with E-state index in [4.69, 9.17) is 33.0 Å². The van der Waals surface area contributed by atoms with Gasteiger partial charge in [0, 0.05) is 30.8 Å². The van der Waals surface area contributed by atoms with Gasteiger partial charge in [-0.25, -0.2) is 4.98 Å². The highest BCUT2D eigenvalue weighted by molar-refractivity contribution is 7.09. The van der Waals surface area contributed by atoms with E-state index in [1.807, 2.05) is 17.5 Å². The zero-order valence-electron chi connectivity index (χ0n) is 13.4. The summed E-state index contributed by atoms with van der Waals surface area (Å²) in [6.07, 6.45) is 0.547. The standard InChI is InChI=1S/C17H18Cl2N2O3S/c18-13-2-1-10(5-14(13)19)17-11(8-20-3-4-24-17)6-15-21-12(9-25-15)7-16(22)23/h1-2,5,9,11,17,20H,3-4,6-8H2,(H,22,23). The first-order valence-electron chi connectivity index (χ1n) is 7.95. The molecule has 1 aliphatic heterocycles. The van der Waals surface area contributed by atoms with Gasteiger partial charge in [-0.05, 0) is 17.7 Å². The van der Waals surface area contributed by atoms with Gasteiger partial charge >= 0.3 is 5.97 Å². The van der Waals surface area contributed by atoms with Gasteiger partial charge in [-0.1, -0.05) is 29.3 Å². The van der Waals surface area contributed by atoms with Crippen LogP contribution in [0.25, 0.3) is 0 Å². The minimum Gasteiger partial charge on any atom is -0.481 e. The number of hydrogen-bond acceptors (Lipinski definition) is 5. The number of rotatable bonds is 5. The molecule has 2 heterocycles. The van der Waals surface area contributed by atoms with E-state index in [0.29, 0.717) is 28.8 Å². The van der Waals surface area contributed by atoms with Crippen molar-refractivity contribution in [2.75, 3.05) is 19.7 Å². The van der Waals surface area contributed by atoms with Crippen LogP contribution in [0.15, 0.2) is 23.6 Å². The number of halogens is 2. The fourth-order valence-corrected chi connectivity index (χ4v) is 4.12. The van der Waals surface area contributed by atoms with E-state index in [2.05, 4.69) is 10.3 Å². The van der Waals surface area contributed by atoms with E-state index in [0.717, 1.165) is 23.7 Å². The minimum atomic E-state index is -0.870. The normalized spacial score (nSPS) is 21.0. The first-order chi connectivity index (χ1) is 12.0. The van der Waals surface area contributed by atoms with Crippen molar-refractivity contribution in [2.45, 2.75) is 18.9 Å². The fraction of sp³-hybridized carbons (Fsp3) is 0.412. The molecule has 5 nitrogen and oxygen atoms in total. The van der Waals surface area contributed by atoms with Gasteiger partial charge in [0.2, 0.25) is 0 Å². The molecule has 1 saturated heterocycles. The SMILES string of the molecule is O=C(O)Cc1csc(CC2CNCCOC2c2ccc(Cl)c(Cl)c2)n1. The molecule has 3 rings (SSSR count). The first kappa shape index (κ1) is 18.6. The average Bonchev–Trinajstić information content (AvgIpc) is 2.85. The number of carbonyl (C=O) groups is 1. The summed E-state index contributed by atoms with van der Waals surface area (Å²) < 4.78 is 6.06. The largest absolute Gasteiger partial charge is 0.481 e. The second-order valence-electron chi connectivity index (χ2n) is 5.94. The van der Waals surface area contributed by atoms with Crippen molar-refractivity contribution in [3.05, 3.63) is 49.9 Å². The van der Waals surface area contributed by atoms with Crippen LogP contribution in [0.2, 0.25) is 10.0 Å². The third-order valence-corrected chi connectivity index (χ3v) is 5.71. The van der Waals surface area contributed by atoms with Crippen LogP contribution in [-0.4, -0.2) is 35.8 Å². The lowest BCUT2D eigenvalue weighted by molar-refractivity contribution is -0.136. The van der Waals surface area contributed by atoms with Crippen LogP contribution < -0.4 is 5.32 Å². The van der Waals surface area contributed by atoms with Gasteiger partial charge in [0.25, 0.3) is 0 Å². The van der Waals surface area contributed by atoms with E-state index in [1.54, 1.807) is 6.07 Å². The van der Waals surface area contributed by atoms with Crippen LogP contribution in [0.1, 0.15) is 22.4 Å². The van der Waals surface area contributed by atoms with Crippen LogP contribution in [-0.2, 0) is 22.4 Å². The molecule has 2 N–H and O–H groups in total. The van der Waals surface area contributed by atoms with Gasteiger partial charge in [0.05, 0.1) is 39.9 Å². The van der Waals surface area contributed by atoms with E-state index in [9.17, 15) is 4.79 Å². The Morgan fingerprint density at radius 3 is 3.00 bits per heavy atom. The average molecular weight is 401 g/mol. The molecule has 134 valence electrons. The van der Waals surface area contributed by atoms with Crippen LogP contribution in [0.5, 0.6) is 0 Å². The molecule has 0 radical (unpaired) electrons. The quantitative estimate of drug-likeness (QED) is 0.801. The fourth-order valence-electron chi connectivity index (χ4n) is 2.93.